The van der Waals surface area contributed by atoms with Crippen molar-refractivity contribution in [3.05, 3.63) is 36.2 Å². The van der Waals surface area contributed by atoms with E-state index in [0.717, 1.165) is 5.52 Å². The fraction of sp³-hybridized carbons (Fsp3) is 0.455. The molecule has 1 aromatic carbocycles. The predicted molar refractivity (Wildman–Crippen MR) is 124 cm³/mol. The molecule has 1 fully saturated rings. The third-order valence-electron chi connectivity index (χ3n) is 5.23. The first-order valence-corrected chi connectivity index (χ1v) is 11.8. The summed E-state index contributed by atoms with van der Waals surface area (Å²) in [5.41, 5.74) is 2.09. The molecular weight excluding hydrogens is 457 g/mol. The van der Waals surface area contributed by atoms with Crippen molar-refractivity contribution in [1.82, 2.24) is 15.0 Å². The molecule has 0 bridgehead atoms. The number of fused-ring (bicyclic) bond motifs is 2. The van der Waals surface area contributed by atoms with E-state index in [2.05, 4.69) is 15.0 Å². The number of nitrogens with zero attached hydrogens (tertiary/aromatic N) is 2. The molecule has 172 valence electrons. The summed E-state index contributed by atoms with van der Waals surface area (Å²) in [6, 6.07) is 7.21. The number of ether oxygens (including phenoxy) is 5. The zero-order chi connectivity index (χ0) is 22.1. The molecule has 3 aromatic rings. The van der Waals surface area contributed by atoms with Crippen LogP contribution in [0.2, 0.25) is 0 Å². The molecule has 0 spiro atoms. The summed E-state index contributed by atoms with van der Waals surface area (Å²) in [6.07, 6.45) is 1.65. The van der Waals surface area contributed by atoms with Crippen LogP contribution in [0.15, 0.2) is 35.6 Å². The van der Waals surface area contributed by atoms with Crippen molar-refractivity contribution >= 4 is 51.8 Å². The summed E-state index contributed by atoms with van der Waals surface area (Å²) in [5, 5.41) is 0.384. The summed E-state index contributed by atoms with van der Waals surface area (Å²) in [5.74, 6) is 1.81. The van der Waals surface area contributed by atoms with Gasteiger partial charge in [-0.2, -0.15) is 4.98 Å². The van der Waals surface area contributed by atoms with Gasteiger partial charge in [0.25, 0.3) is 0 Å². The van der Waals surface area contributed by atoms with Gasteiger partial charge in [0, 0.05) is 41.5 Å². The summed E-state index contributed by atoms with van der Waals surface area (Å²) in [6.45, 7) is 6.45. The van der Waals surface area contributed by atoms with Gasteiger partial charge in [-0.3, -0.25) is 9.97 Å². The number of H-pyrrole nitrogens is 1. The number of nitrogens with one attached hydrogen (secondary N) is 1. The van der Waals surface area contributed by atoms with E-state index in [0.29, 0.717) is 66.7 Å². The van der Waals surface area contributed by atoms with Gasteiger partial charge < -0.3 is 28.2 Å². The number of hydrogen-bond acceptors (Lipinski definition) is 8. The van der Waals surface area contributed by atoms with Gasteiger partial charge in [-0.1, -0.05) is 0 Å². The zero-order valence-electron chi connectivity index (χ0n) is 18.0. The molecule has 4 heterocycles. The molecule has 2 aliphatic rings. The van der Waals surface area contributed by atoms with Gasteiger partial charge in [-0.15, -0.1) is 0 Å². The maximum absolute atomic E-state index is 12.9. The second-order valence-electron chi connectivity index (χ2n) is 8.23. The number of imidazole rings is 1. The minimum absolute atomic E-state index is 0. The number of rotatable bonds is 6. The quantitative estimate of drug-likeness (QED) is 0.420. The molecule has 0 aliphatic carbocycles. The van der Waals surface area contributed by atoms with E-state index in [1.807, 2.05) is 19.9 Å². The van der Waals surface area contributed by atoms with Crippen molar-refractivity contribution in [3.8, 4) is 17.2 Å². The normalized spacial score (nSPS) is 18.5. The van der Waals surface area contributed by atoms with E-state index < -0.39 is 17.0 Å². The summed E-state index contributed by atoms with van der Waals surface area (Å²) < 4.78 is 41.3. The first kappa shape index (κ1) is 24.6. The zero-order valence-corrected chi connectivity index (χ0v) is 18.8. The molecule has 5 rings (SSSR count). The van der Waals surface area contributed by atoms with Crippen molar-refractivity contribution in [1.29, 1.82) is 0 Å². The molecular formula is C22H26N3NaO6S. The van der Waals surface area contributed by atoms with Crippen LogP contribution in [0.1, 0.15) is 19.5 Å². The van der Waals surface area contributed by atoms with Crippen molar-refractivity contribution in [2.24, 2.45) is 5.92 Å². The Morgan fingerprint density at radius 1 is 1.15 bits per heavy atom. The molecule has 0 amide bonds. The second-order valence-corrected chi connectivity index (χ2v) is 9.59. The second kappa shape index (κ2) is 10.4. The molecule has 2 aliphatic heterocycles. The van der Waals surface area contributed by atoms with Gasteiger partial charge in [-0.25, -0.2) is 0 Å². The average Bonchev–Trinajstić information content (AvgIpc) is 3.20. The molecule has 33 heavy (non-hydrogen) atoms. The summed E-state index contributed by atoms with van der Waals surface area (Å²) >= 11 is -1.40. The predicted octanol–water partition coefficient (Wildman–Crippen LogP) is 2.17. The van der Waals surface area contributed by atoms with Gasteiger partial charge in [0.2, 0.25) is 0 Å². The Bertz CT molecular complexity index is 1060. The molecule has 1 saturated heterocycles. The van der Waals surface area contributed by atoms with Gasteiger partial charge in [0.15, 0.2) is 23.0 Å². The van der Waals surface area contributed by atoms with Gasteiger partial charge in [0.05, 0.1) is 36.5 Å². The number of aromatic amines is 1. The minimum atomic E-state index is -1.40. The first-order valence-electron chi connectivity index (χ1n) is 10.5. The Labute approximate surface area is 217 Å². The van der Waals surface area contributed by atoms with Crippen LogP contribution < -0.4 is 14.2 Å². The summed E-state index contributed by atoms with van der Waals surface area (Å²) in [4.78, 5) is 11.9. The van der Waals surface area contributed by atoms with Crippen LogP contribution in [0.25, 0.3) is 11.0 Å². The van der Waals surface area contributed by atoms with Crippen molar-refractivity contribution < 1.29 is 28.2 Å². The molecule has 2 aromatic heterocycles. The monoisotopic (exact) mass is 483 g/mol. The fourth-order valence-electron chi connectivity index (χ4n) is 3.50. The SMILES string of the molecule is CC1(C)OCC(COc2ccnc(C[S+]([O-])c3nc4cc5c(cc4[nH]3)OCCO5)c2)CO1.[NaH]. The Morgan fingerprint density at radius 2 is 1.88 bits per heavy atom. The average molecular weight is 484 g/mol. The van der Waals surface area contributed by atoms with Crippen LogP contribution in [0.4, 0.5) is 0 Å². The molecule has 1 unspecified atom stereocenters. The van der Waals surface area contributed by atoms with Crippen LogP contribution in [-0.4, -0.2) is 87.9 Å². The van der Waals surface area contributed by atoms with Crippen molar-refractivity contribution in [2.75, 3.05) is 33.0 Å². The number of pyridine rings is 1. The first-order chi connectivity index (χ1) is 15.4. The van der Waals surface area contributed by atoms with Crippen molar-refractivity contribution in [3.63, 3.8) is 0 Å². The van der Waals surface area contributed by atoms with Gasteiger partial charge in [0.1, 0.15) is 19.0 Å². The molecule has 0 saturated carbocycles. The number of benzene rings is 1. The van der Waals surface area contributed by atoms with Gasteiger partial charge >= 0.3 is 34.7 Å². The molecule has 11 heteroatoms. The van der Waals surface area contributed by atoms with E-state index in [1.54, 1.807) is 24.4 Å². The van der Waals surface area contributed by atoms with E-state index in [-0.39, 0.29) is 41.2 Å². The third-order valence-corrected chi connectivity index (χ3v) is 6.41. The Kier molecular flexibility index (Phi) is 7.74. The van der Waals surface area contributed by atoms with E-state index in [1.165, 1.54) is 0 Å². The molecule has 9 nitrogen and oxygen atoms in total. The van der Waals surface area contributed by atoms with Crippen LogP contribution >= 0.6 is 0 Å². The van der Waals surface area contributed by atoms with Gasteiger partial charge in [-0.05, 0) is 19.9 Å². The van der Waals surface area contributed by atoms with E-state index in [4.69, 9.17) is 23.7 Å². The summed E-state index contributed by atoms with van der Waals surface area (Å²) in [7, 11) is 0. The van der Waals surface area contributed by atoms with Crippen molar-refractivity contribution in [2.45, 2.75) is 30.5 Å². The van der Waals surface area contributed by atoms with E-state index in [9.17, 15) is 4.55 Å². The number of hydrogen-bond donors (Lipinski definition) is 1. The topological polar surface area (TPSA) is 111 Å². The third kappa shape index (κ3) is 5.94. The van der Waals surface area contributed by atoms with E-state index >= 15 is 0 Å². The molecule has 0 radical (unpaired) electrons. The Balaban J connectivity index is 0.00000259. The van der Waals surface area contributed by atoms with Crippen LogP contribution in [0.3, 0.4) is 0 Å². The van der Waals surface area contributed by atoms with Crippen LogP contribution in [0, 0.1) is 5.92 Å². The molecule has 1 atom stereocenters. The van der Waals surface area contributed by atoms with Crippen LogP contribution in [-0.2, 0) is 26.4 Å². The number of aromatic nitrogens is 3. The maximum atomic E-state index is 12.9. The van der Waals surface area contributed by atoms with Crippen LogP contribution in [0.5, 0.6) is 17.2 Å². The molecule has 1 N–H and O–H groups in total. The Hall–Kier alpha value is -1.53. The Morgan fingerprint density at radius 3 is 2.64 bits per heavy atom. The standard InChI is InChI=1S/C22H25N3O6S.Na.H/c1-22(2)30-11-14(12-31-22)10-29-16-3-4-23-15(7-16)13-32(26)21-24-17-8-19-20(9-18(17)25-21)28-6-5-27-19;;/h3-4,7-9,14H,5-6,10-13H2,1-2H3,(H,24,25);;. The fourth-order valence-corrected chi connectivity index (χ4v) is 4.48.